The number of carboxylic acids is 1. The summed E-state index contributed by atoms with van der Waals surface area (Å²) in [6.07, 6.45) is 2.82. The summed E-state index contributed by atoms with van der Waals surface area (Å²) in [6, 6.07) is 0. The number of carbonyl (C=O) groups is 1. The molecule has 3 saturated heterocycles. The van der Waals surface area contributed by atoms with Crippen molar-refractivity contribution in [3.05, 3.63) is 0 Å². The number of rotatable bonds is 2. The molecule has 0 aromatic heterocycles. The Morgan fingerprint density at radius 2 is 2.00 bits per heavy atom. The number of piperidine rings is 3. The molecular formula is C9H15BNO2. The second-order valence-corrected chi connectivity index (χ2v) is 4.00. The number of fused-ring (bicyclic) bond motifs is 3. The maximum absolute atomic E-state index is 10.5. The molecule has 1 N–H and O–H groups in total. The summed E-state index contributed by atoms with van der Waals surface area (Å²) in [7, 11) is 0. The maximum Gasteiger partial charge on any atom is 0.303 e. The highest BCUT2D eigenvalue weighted by Crippen LogP contribution is 2.33. The van der Waals surface area contributed by atoms with E-state index in [1.54, 1.807) is 0 Å². The van der Waals surface area contributed by atoms with Crippen LogP contribution in [0.1, 0.15) is 19.3 Å². The molecule has 3 fully saturated rings. The molecule has 71 valence electrons. The van der Waals surface area contributed by atoms with Gasteiger partial charge >= 0.3 is 5.97 Å². The average Bonchev–Trinajstić information content (AvgIpc) is 2.05. The molecule has 3 aliphatic rings. The standard InChI is InChI=1S/C9H15NO2.B/c11-9(12)5-8-6-10-3-1-7(8)2-4-10;/h7-8H,1-6H2,(H,11,12);. The number of carboxylic acid groups (broad SMARTS) is 1. The number of aliphatic carboxylic acids is 1. The lowest BCUT2D eigenvalue weighted by atomic mass is 9.77. The van der Waals surface area contributed by atoms with Crippen molar-refractivity contribution in [2.24, 2.45) is 11.8 Å². The van der Waals surface area contributed by atoms with Gasteiger partial charge in [-0.05, 0) is 37.8 Å². The molecule has 4 heteroatoms. The first-order chi connectivity index (χ1) is 5.75. The first-order valence-electron chi connectivity index (χ1n) is 4.70. The Balaban J connectivity index is 0.000000845. The van der Waals surface area contributed by atoms with Gasteiger partial charge in [-0.1, -0.05) is 0 Å². The van der Waals surface area contributed by atoms with Crippen molar-refractivity contribution >= 4 is 14.4 Å². The van der Waals surface area contributed by atoms with Gasteiger partial charge in [0.05, 0.1) is 0 Å². The van der Waals surface area contributed by atoms with Crippen molar-refractivity contribution in [3.63, 3.8) is 0 Å². The zero-order valence-corrected chi connectivity index (χ0v) is 7.78. The van der Waals surface area contributed by atoms with Gasteiger partial charge in [-0.3, -0.25) is 4.79 Å². The Morgan fingerprint density at radius 3 is 2.38 bits per heavy atom. The van der Waals surface area contributed by atoms with Crippen molar-refractivity contribution in [3.8, 4) is 0 Å². The van der Waals surface area contributed by atoms with Crippen LogP contribution in [0.2, 0.25) is 0 Å². The van der Waals surface area contributed by atoms with E-state index in [1.807, 2.05) is 0 Å². The Bertz CT molecular complexity index is 190. The third-order valence-corrected chi connectivity index (χ3v) is 3.23. The third kappa shape index (κ3) is 2.24. The van der Waals surface area contributed by atoms with Gasteiger partial charge in [-0.15, -0.1) is 0 Å². The number of hydrogen-bond donors (Lipinski definition) is 1. The predicted octanol–water partition coefficient (Wildman–Crippen LogP) is 0.422. The van der Waals surface area contributed by atoms with Crippen LogP contribution >= 0.6 is 0 Å². The van der Waals surface area contributed by atoms with Gasteiger partial charge < -0.3 is 10.0 Å². The van der Waals surface area contributed by atoms with Crippen LogP contribution in [-0.2, 0) is 4.79 Å². The zero-order chi connectivity index (χ0) is 8.55. The van der Waals surface area contributed by atoms with E-state index in [9.17, 15) is 4.79 Å². The highest BCUT2D eigenvalue weighted by Gasteiger charge is 2.34. The van der Waals surface area contributed by atoms with Crippen molar-refractivity contribution in [2.45, 2.75) is 19.3 Å². The zero-order valence-electron chi connectivity index (χ0n) is 7.78. The van der Waals surface area contributed by atoms with E-state index in [1.165, 1.54) is 25.9 Å². The van der Waals surface area contributed by atoms with Gasteiger partial charge in [0.1, 0.15) is 0 Å². The summed E-state index contributed by atoms with van der Waals surface area (Å²) in [4.78, 5) is 12.9. The summed E-state index contributed by atoms with van der Waals surface area (Å²) in [5.74, 6) is 0.504. The molecule has 1 unspecified atom stereocenters. The minimum Gasteiger partial charge on any atom is -0.481 e. The summed E-state index contributed by atoms with van der Waals surface area (Å²) in [5.41, 5.74) is 0. The molecule has 3 heterocycles. The average molecular weight is 180 g/mol. The van der Waals surface area contributed by atoms with E-state index in [-0.39, 0.29) is 8.41 Å². The lowest BCUT2D eigenvalue weighted by Crippen LogP contribution is -2.47. The highest BCUT2D eigenvalue weighted by atomic mass is 16.4. The molecule has 3 radical (unpaired) electrons. The largest absolute Gasteiger partial charge is 0.481 e. The van der Waals surface area contributed by atoms with Crippen LogP contribution in [0, 0.1) is 11.8 Å². The molecule has 0 amide bonds. The topological polar surface area (TPSA) is 40.5 Å². The fourth-order valence-corrected chi connectivity index (χ4v) is 2.54. The van der Waals surface area contributed by atoms with E-state index in [2.05, 4.69) is 4.90 Å². The minimum absolute atomic E-state index is 0. The van der Waals surface area contributed by atoms with Gasteiger partial charge in [0, 0.05) is 21.4 Å². The van der Waals surface area contributed by atoms with Crippen LogP contribution < -0.4 is 0 Å². The van der Waals surface area contributed by atoms with Crippen LogP contribution in [0.5, 0.6) is 0 Å². The molecule has 3 aliphatic heterocycles. The van der Waals surface area contributed by atoms with Gasteiger partial charge in [-0.25, -0.2) is 0 Å². The highest BCUT2D eigenvalue weighted by molar-refractivity contribution is 5.75. The lowest BCUT2D eigenvalue weighted by Gasteiger charge is -2.44. The summed E-state index contributed by atoms with van der Waals surface area (Å²) in [5, 5.41) is 8.68. The van der Waals surface area contributed by atoms with Crippen molar-refractivity contribution < 1.29 is 9.90 Å². The van der Waals surface area contributed by atoms with Crippen LogP contribution in [0.25, 0.3) is 0 Å². The SMILES string of the molecule is O=C(O)CC1CN2CCC1CC2.[B]. The van der Waals surface area contributed by atoms with E-state index >= 15 is 0 Å². The van der Waals surface area contributed by atoms with E-state index in [4.69, 9.17) is 5.11 Å². The minimum atomic E-state index is -0.631. The van der Waals surface area contributed by atoms with Crippen molar-refractivity contribution in [2.75, 3.05) is 19.6 Å². The Hall–Kier alpha value is -0.505. The predicted molar refractivity (Wildman–Crippen MR) is 50.7 cm³/mol. The smallest absolute Gasteiger partial charge is 0.303 e. The third-order valence-electron chi connectivity index (χ3n) is 3.23. The quantitative estimate of drug-likeness (QED) is 0.626. The molecule has 0 aliphatic carbocycles. The molecule has 0 aromatic carbocycles. The first-order valence-corrected chi connectivity index (χ1v) is 4.70. The Labute approximate surface area is 80.7 Å². The van der Waals surface area contributed by atoms with Gasteiger partial charge in [0.25, 0.3) is 0 Å². The second kappa shape index (κ2) is 4.14. The number of nitrogens with zero attached hydrogens (tertiary/aromatic N) is 1. The van der Waals surface area contributed by atoms with Crippen LogP contribution in [0.4, 0.5) is 0 Å². The molecule has 0 saturated carbocycles. The van der Waals surface area contributed by atoms with Crippen LogP contribution in [0.3, 0.4) is 0 Å². The fourth-order valence-electron chi connectivity index (χ4n) is 2.54. The lowest BCUT2D eigenvalue weighted by molar-refractivity contribution is -0.139. The summed E-state index contributed by atoms with van der Waals surface area (Å²) in [6.45, 7) is 3.42. The van der Waals surface area contributed by atoms with Gasteiger partial charge in [-0.2, -0.15) is 0 Å². The summed E-state index contributed by atoms with van der Waals surface area (Å²) >= 11 is 0. The van der Waals surface area contributed by atoms with E-state index in [0.717, 1.165) is 6.54 Å². The molecule has 1 atom stereocenters. The molecule has 0 aromatic rings. The van der Waals surface area contributed by atoms with Crippen LogP contribution in [-0.4, -0.2) is 44.0 Å². The first kappa shape index (κ1) is 10.6. The Morgan fingerprint density at radius 1 is 1.38 bits per heavy atom. The molecule has 13 heavy (non-hydrogen) atoms. The van der Waals surface area contributed by atoms with Crippen LogP contribution in [0.15, 0.2) is 0 Å². The molecular weight excluding hydrogens is 165 g/mol. The molecule has 3 rings (SSSR count). The summed E-state index contributed by atoms with van der Waals surface area (Å²) < 4.78 is 0. The normalized spacial score (nSPS) is 36.8. The maximum atomic E-state index is 10.5. The Kier molecular flexibility index (Phi) is 3.36. The fraction of sp³-hybridized carbons (Fsp3) is 0.889. The number of hydrogen-bond acceptors (Lipinski definition) is 2. The van der Waals surface area contributed by atoms with E-state index in [0.29, 0.717) is 18.3 Å². The molecule has 0 spiro atoms. The monoisotopic (exact) mass is 180 g/mol. The molecule has 2 bridgehead atoms. The second-order valence-electron chi connectivity index (χ2n) is 4.00. The molecule has 3 nitrogen and oxygen atoms in total. The van der Waals surface area contributed by atoms with Gasteiger partial charge in [0.15, 0.2) is 0 Å². The van der Waals surface area contributed by atoms with E-state index < -0.39 is 5.97 Å². The van der Waals surface area contributed by atoms with Crippen molar-refractivity contribution in [1.82, 2.24) is 4.90 Å². The van der Waals surface area contributed by atoms with Crippen molar-refractivity contribution in [1.29, 1.82) is 0 Å². The van der Waals surface area contributed by atoms with Gasteiger partial charge in [0.2, 0.25) is 0 Å².